The molecular weight excluding hydrogens is 147 g/mol. The van der Waals surface area contributed by atoms with Crippen LogP contribution < -0.4 is 0 Å². The van der Waals surface area contributed by atoms with Gasteiger partial charge in [-0.2, -0.15) is 13.5 Å². The number of benzene rings is 1. The summed E-state index contributed by atoms with van der Waals surface area (Å²) in [6.07, 6.45) is 1.61. The standard InChI is InChI=1S/C8H7F.H2S/c1-2-7-4-3-5-8(9)6-7;/h2-6H,1H2;1H2. The quantitative estimate of drug-likeness (QED) is 0.586. The van der Waals surface area contributed by atoms with Crippen molar-refractivity contribution in [2.24, 2.45) is 0 Å². The maximum atomic E-state index is 12.3. The van der Waals surface area contributed by atoms with Gasteiger partial charge in [-0.25, -0.2) is 4.39 Å². The highest BCUT2D eigenvalue weighted by Crippen LogP contribution is 2.03. The molecule has 0 aliphatic rings. The van der Waals surface area contributed by atoms with E-state index in [0.717, 1.165) is 5.56 Å². The van der Waals surface area contributed by atoms with Crippen molar-refractivity contribution >= 4 is 19.6 Å². The van der Waals surface area contributed by atoms with Crippen molar-refractivity contribution in [3.05, 3.63) is 42.2 Å². The Balaban J connectivity index is 0.000000810. The van der Waals surface area contributed by atoms with Crippen LogP contribution in [-0.2, 0) is 0 Å². The normalized spacial score (nSPS) is 8.10. The van der Waals surface area contributed by atoms with E-state index in [-0.39, 0.29) is 19.3 Å². The second kappa shape index (κ2) is 4.12. The van der Waals surface area contributed by atoms with Crippen LogP contribution in [0.15, 0.2) is 30.8 Å². The zero-order valence-corrected chi connectivity index (χ0v) is 6.47. The molecule has 0 heterocycles. The lowest BCUT2D eigenvalue weighted by molar-refractivity contribution is 0.627. The molecule has 0 amide bonds. The summed E-state index contributed by atoms with van der Waals surface area (Å²) >= 11 is 0. The molecule has 10 heavy (non-hydrogen) atoms. The molecule has 0 bridgehead atoms. The minimum atomic E-state index is -0.215. The second-order valence-corrected chi connectivity index (χ2v) is 1.76. The molecule has 0 nitrogen and oxygen atoms in total. The van der Waals surface area contributed by atoms with Gasteiger partial charge in [0.25, 0.3) is 0 Å². The largest absolute Gasteiger partial charge is 0.207 e. The Labute approximate surface area is 66.8 Å². The molecular formula is C8H9FS. The summed E-state index contributed by atoms with van der Waals surface area (Å²) in [5.74, 6) is -0.215. The summed E-state index contributed by atoms with van der Waals surface area (Å²) in [7, 11) is 0. The van der Waals surface area contributed by atoms with Crippen LogP contribution >= 0.6 is 13.5 Å². The number of hydrogen-bond acceptors (Lipinski definition) is 0. The Kier molecular flexibility index (Phi) is 3.81. The molecule has 0 saturated heterocycles. The van der Waals surface area contributed by atoms with E-state index >= 15 is 0 Å². The first kappa shape index (κ1) is 9.24. The van der Waals surface area contributed by atoms with E-state index in [1.807, 2.05) is 0 Å². The van der Waals surface area contributed by atoms with Gasteiger partial charge in [-0.3, -0.25) is 0 Å². The Bertz CT molecular complexity index is 220. The zero-order chi connectivity index (χ0) is 6.69. The number of hydrogen-bond donors (Lipinski definition) is 0. The summed E-state index contributed by atoms with van der Waals surface area (Å²) in [5, 5.41) is 0. The SMILES string of the molecule is C=Cc1cccc(F)c1.S. The summed E-state index contributed by atoms with van der Waals surface area (Å²) in [6.45, 7) is 3.51. The predicted octanol–water partition coefficient (Wildman–Crippen LogP) is 2.58. The third kappa shape index (κ3) is 2.23. The van der Waals surface area contributed by atoms with Crippen LogP contribution in [0.4, 0.5) is 4.39 Å². The van der Waals surface area contributed by atoms with Gasteiger partial charge in [0.2, 0.25) is 0 Å². The molecule has 0 atom stereocenters. The number of rotatable bonds is 1. The summed E-state index contributed by atoms with van der Waals surface area (Å²) in [5.41, 5.74) is 0.815. The van der Waals surface area contributed by atoms with Gasteiger partial charge >= 0.3 is 0 Å². The van der Waals surface area contributed by atoms with Gasteiger partial charge in [-0.1, -0.05) is 24.8 Å². The highest BCUT2D eigenvalue weighted by molar-refractivity contribution is 7.59. The van der Waals surface area contributed by atoms with E-state index in [0.29, 0.717) is 0 Å². The molecule has 0 spiro atoms. The first-order chi connectivity index (χ1) is 4.33. The Hall–Kier alpha value is -0.760. The van der Waals surface area contributed by atoms with E-state index in [4.69, 9.17) is 0 Å². The van der Waals surface area contributed by atoms with Crippen molar-refractivity contribution in [1.82, 2.24) is 0 Å². The molecule has 0 radical (unpaired) electrons. The van der Waals surface area contributed by atoms with Crippen molar-refractivity contribution in [2.75, 3.05) is 0 Å². The Morgan fingerprint density at radius 2 is 2.10 bits per heavy atom. The van der Waals surface area contributed by atoms with Crippen LogP contribution in [-0.4, -0.2) is 0 Å². The van der Waals surface area contributed by atoms with Crippen LogP contribution in [0, 0.1) is 5.82 Å². The van der Waals surface area contributed by atoms with Crippen LogP contribution in [0.25, 0.3) is 6.08 Å². The van der Waals surface area contributed by atoms with E-state index in [1.54, 1.807) is 18.2 Å². The summed E-state index contributed by atoms with van der Waals surface area (Å²) < 4.78 is 12.3. The van der Waals surface area contributed by atoms with E-state index in [2.05, 4.69) is 6.58 Å². The average Bonchev–Trinajstić information content (AvgIpc) is 1.88. The van der Waals surface area contributed by atoms with Gasteiger partial charge in [0.05, 0.1) is 0 Å². The summed E-state index contributed by atoms with van der Waals surface area (Å²) in [4.78, 5) is 0. The second-order valence-electron chi connectivity index (χ2n) is 1.76. The van der Waals surface area contributed by atoms with Crippen LogP contribution in [0.5, 0.6) is 0 Å². The fraction of sp³-hybridized carbons (Fsp3) is 0. The fourth-order valence-corrected chi connectivity index (χ4v) is 0.634. The highest BCUT2D eigenvalue weighted by Gasteiger charge is 1.86. The lowest BCUT2D eigenvalue weighted by Gasteiger charge is -1.89. The predicted molar refractivity (Wildman–Crippen MR) is 46.9 cm³/mol. The molecule has 0 aromatic heterocycles. The molecule has 0 N–H and O–H groups in total. The third-order valence-corrected chi connectivity index (χ3v) is 1.08. The Morgan fingerprint density at radius 3 is 2.50 bits per heavy atom. The third-order valence-electron chi connectivity index (χ3n) is 1.08. The molecule has 0 fully saturated rings. The Morgan fingerprint density at radius 1 is 1.40 bits per heavy atom. The zero-order valence-electron chi connectivity index (χ0n) is 5.47. The molecule has 0 aliphatic carbocycles. The van der Waals surface area contributed by atoms with Crippen LogP contribution in [0.2, 0.25) is 0 Å². The topological polar surface area (TPSA) is 0 Å². The highest BCUT2D eigenvalue weighted by atomic mass is 32.1. The van der Waals surface area contributed by atoms with Crippen LogP contribution in [0.1, 0.15) is 5.56 Å². The average molecular weight is 156 g/mol. The van der Waals surface area contributed by atoms with Gasteiger partial charge in [-0.15, -0.1) is 0 Å². The molecule has 1 aromatic carbocycles. The van der Waals surface area contributed by atoms with Gasteiger partial charge < -0.3 is 0 Å². The van der Waals surface area contributed by atoms with Gasteiger partial charge in [0.15, 0.2) is 0 Å². The van der Waals surface area contributed by atoms with Crippen molar-refractivity contribution in [3.8, 4) is 0 Å². The lowest BCUT2D eigenvalue weighted by atomic mass is 10.2. The van der Waals surface area contributed by atoms with Crippen molar-refractivity contribution < 1.29 is 4.39 Å². The van der Waals surface area contributed by atoms with E-state index < -0.39 is 0 Å². The maximum Gasteiger partial charge on any atom is 0.123 e. The monoisotopic (exact) mass is 156 g/mol. The molecule has 0 unspecified atom stereocenters. The maximum absolute atomic E-state index is 12.3. The lowest BCUT2D eigenvalue weighted by Crippen LogP contribution is -1.73. The molecule has 1 aromatic rings. The van der Waals surface area contributed by atoms with Gasteiger partial charge in [0, 0.05) is 0 Å². The molecule has 54 valence electrons. The van der Waals surface area contributed by atoms with E-state index in [9.17, 15) is 4.39 Å². The molecule has 0 saturated carbocycles. The molecule has 1 rings (SSSR count). The van der Waals surface area contributed by atoms with Crippen molar-refractivity contribution in [2.45, 2.75) is 0 Å². The molecule has 2 heteroatoms. The van der Waals surface area contributed by atoms with Crippen LogP contribution in [0.3, 0.4) is 0 Å². The number of halogens is 1. The minimum absolute atomic E-state index is 0. The first-order valence-electron chi connectivity index (χ1n) is 2.71. The smallest absolute Gasteiger partial charge is 0.123 e. The van der Waals surface area contributed by atoms with E-state index in [1.165, 1.54) is 12.1 Å². The molecule has 0 aliphatic heterocycles. The fourth-order valence-electron chi connectivity index (χ4n) is 0.634. The first-order valence-corrected chi connectivity index (χ1v) is 2.71. The van der Waals surface area contributed by atoms with Gasteiger partial charge in [-0.05, 0) is 17.7 Å². The summed E-state index contributed by atoms with van der Waals surface area (Å²) in [6, 6.07) is 6.31. The van der Waals surface area contributed by atoms with Crippen molar-refractivity contribution in [1.29, 1.82) is 0 Å². The van der Waals surface area contributed by atoms with Crippen molar-refractivity contribution in [3.63, 3.8) is 0 Å². The van der Waals surface area contributed by atoms with Gasteiger partial charge in [0.1, 0.15) is 5.82 Å². The minimum Gasteiger partial charge on any atom is -0.207 e.